The SMILES string of the molecule is O=C(NC(Cc1ccc(F)cc1)C(=O)N1CCN(CCCc2cccc(Cl)c2)C(=O)C1CC1CC1)C1CCCN1. The van der Waals surface area contributed by atoms with Gasteiger partial charge < -0.3 is 20.4 Å². The average molecular weight is 569 g/mol. The Bertz CT molecular complexity index is 1200. The number of amides is 3. The molecule has 0 spiro atoms. The normalized spacial score (nSPS) is 21.9. The first-order valence-corrected chi connectivity index (χ1v) is 14.9. The molecule has 3 amide bonds. The minimum absolute atomic E-state index is 0.0121. The summed E-state index contributed by atoms with van der Waals surface area (Å²) in [6.07, 6.45) is 6.30. The van der Waals surface area contributed by atoms with Gasteiger partial charge in [0.05, 0.1) is 6.04 Å². The third kappa shape index (κ3) is 7.40. The van der Waals surface area contributed by atoms with E-state index in [4.69, 9.17) is 11.6 Å². The van der Waals surface area contributed by atoms with Gasteiger partial charge in [0.2, 0.25) is 17.7 Å². The summed E-state index contributed by atoms with van der Waals surface area (Å²) < 4.78 is 13.5. The fourth-order valence-electron chi connectivity index (χ4n) is 5.83. The van der Waals surface area contributed by atoms with Gasteiger partial charge in [0.15, 0.2) is 0 Å². The number of nitrogens with zero attached hydrogens (tertiary/aromatic N) is 2. The van der Waals surface area contributed by atoms with E-state index in [-0.39, 0.29) is 36.0 Å². The quantitative estimate of drug-likeness (QED) is 0.433. The molecule has 7 nitrogen and oxygen atoms in total. The summed E-state index contributed by atoms with van der Waals surface area (Å²) in [6, 6.07) is 12.1. The number of rotatable bonds is 11. The Morgan fingerprint density at radius 1 is 1.07 bits per heavy atom. The van der Waals surface area contributed by atoms with Crippen LogP contribution in [-0.4, -0.2) is 71.8 Å². The fourth-order valence-corrected chi connectivity index (χ4v) is 6.04. The van der Waals surface area contributed by atoms with Crippen LogP contribution in [0.4, 0.5) is 4.39 Å². The number of halogens is 2. The summed E-state index contributed by atoms with van der Waals surface area (Å²) in [5.74, 6) is -0.367. The smallest absolute Gasteiger partial charge is 0.246 e. The molecule has 1 aliphatic carbocycles. The van der Waals surface area contributed by atoms with E-state index in [2.05, 4.69) is 10.6 Å². The van der Waals surface area contributed by atoms with Crippen molar-refractivity contribution >= 4 is 29.3 Å². The molecule has 0 radical (unpaired) electrons. The molecule has 0 bridgehead atoms. The number of carbonyl (C=O) groups excluding carboxylic acids is 3. The van der Waals surface area contributed by atoms with Gasteiger partial charge in [-0.3, -0.25) is 14.4 Å². The van der Waals surface area contributed by atoms with Crippen molar-refractivity contribution < 1.29 is 18.8 Å². The van der Waals surface area contributed by atoms with Crippen molar-refractivity contribution in [3.63, 3.8) is 0 Å². The van der Waals surface area contributed by atoms with Crippen molar-refractivity contribution in [2.45, 2.75) is 69.5 Å². The largest absolute Gasteiger partial charge is 0.343 e. The summed E-state index contributed by atoms with van der Waals surface area (Å²) >= 11 is 6.12. The second-order valence-electron chi connectivity index (χ2n) is 11.3. The highest BCUT2D eigenvalue weighted by Gasteiger charge is 2.42. The zero-order chi connectivity index (χ0) is 28.1. The molecule has 3 aliphatic rings. The number of carbonyl (C=O) groups is 3. The molecule has 0 aromatic heterocycles. The Morgan fingerprint density at radius 3 is 2.58 bits per heavy atom. The second-order valence-corrected chi connectivity index (χ2v) is 11.8. The first-order valence-electron chi connectivity index (χ1n) is 14.5. The minimum atomic E-state index is -0.829. The molecule has 3 atom stereocenters. The van der Waals surface area contributed by atoms with Crippen LogP contribution in [0.5, 0.6) is 0 Å². The summed E-state index contributed by atoms with van der Waals surface area (Å²) in [4.78, 5) is 44.4. The summed E-state index contributed by atoms with van der Waals surface area (Å²) in [7, 11) is 0. The molecule has 5 rings (SSSR count). The molecule has 9 heteroatoms. The maximum atomic E-state index is 14.0. The summed E-state index contributed by atoms with van der Waals surface area (Å²) in [6.45, 7) is 2.28. The molecule has 1 saturated carbocycles. The Morgan fingerprint density at radius 2 is 1.88 bits per heavy atom. The van der Waals surface area contributed by atoms with Crippen LogP contribution in [0.25, 0.3) is 0 Å². The van der Waals surface area contributed by atoms with E-state index in [1.54, 1.807) is 17.0 Å². The first kappa shape index (κ1) is 28.6. The number of piperazine rings is 1. The molecule has 2 aromatic carbocycles. The van der Waals surface area contributed by atoms with E-state index in [1.807, 2.05) is 29.2 Å². The van der Waals surface area contributed by atoms with Gasteiger partial charge in [0, 0.05) is 31.1 Å². The Kier molecular flexibility index (Phi) is 9.37. The lowest BCUT2D eigenvalue weighted by Crippen LogP contribution is -2.63. The number of hydrogen-bond donors (Lipinski definition) is 2. The van der Waals surface area contributed by atoms with E-state index in [9.17, 15) is 18.8 Å². The molecule has 2 N–H and O–H groups in total. The maximum Gasteiger partial charge on any atom is 0.246 e. The van der Waals surface area contributed by atoms with E-state index in [0.717, 1.165) is 56.2 Å². The van der Waals surface area contributed by atoms with Crippen molar-refractivity contribution in [3.8, 4) is 0 Å². The zero-order valence-corrected chi connectivity index (χ0v) is 23.5. The predicted molar refractivity (Wildman–Crippen MR) is 152 cm³/mol. The van der Waals surface area contributed by atoms with Gasteiger partial charge in [-0.25, -0.2) is 4.39 Å². The van der Waals surface area contributed by atoms with Gasteiger partial charge in [-0.05, 0) is 80.0 Å². The lowest BCUT2D eigenvalue weighted by atomic mass is 9.99. The number of aryl methyl sites for hydroxylation is 1. The lowest BCUT2D eigenvalue weighted by molar-refractivity contribution is -0.153. The molecule has 2 heterocycles. The minimum Gasteiger partial charge on any atom is -0.343 e. The van der Waals surface area contributed by atoms with E-state index < -0.39 is 12.1 Å². The van der Waals surface area contributed by atoms with Crippen molar-refractivity contribution in [3.05, 3.63) is 70.5 Å². The average Bonchev–Trinajstić information content (AvgIpc) is 3.59. The van der Waals surface area contributed by atoms with Crippen molar-refractivity contribution in [1.82, 2.24) is 20.4 Å². The summed E-state index contributed by atoms with van der Waals surface area (Å²) in [5.41, 5.74) is 1.89. The van der Waals surface area contributed by atoms with Gasteiger partial charge in [0.1, 0.15) is 17.9 Å². The van der Waals surface area contributed by atoms with Crippen molar-refractivity contribution in [1.29, 1.82) is 0 Å². The van der Waals surface area contributed by atoms with Gasteiger partial charge >= 0.3 is 0 Å². The van der Waals surface area contributed by atoms with Crippen LogP contribution in [0.15, 0.2) is 48.5 Å². The molecule has 40 heavy (non-hydrogen) atoms. The molecular weight excluding hydrogens is 531 g/mol. The van der Waals surface area contributed by atoms with Crippen LogP contribution in [0.3, 0.4) is 0 Å². The molecule has 2 aliphatic heterocycles. The van der Waals surface area contributed by atoms with Gasteiger partial charge in [-0.1, -0.05) is 48.7 Å². The van der Waals surface area contributed by atoms with Gasteiger partial charge in [-0.15, -0.1) is 0 Å². The molecule has 214 valence electrons. The van der Waals surface area contributed by atoms with Crippen molar-refractivity contribution in [2.75, 3.05) is 26.2 Å². The highest BCUT2D eigenvalue weighted by molar-refractivity contribution is 6.30. The van der Waals surface area contributed by atoms with Crippen LogP contribution in [-0.2, 0) is 27.2 Å². The highest BCUT2D eigenvalue weighted by atomic mass is 35.5. The molecule has 3 fully saturated rings. The van der Waals surface area contributed by atoms with E-state index in [1.165, 1.54) is 12.1 Å². The molecular formula is C31H38ClFN4O3. The van der Waals surface area contributed by atoms with Gasteiger partial charge in [0.25, 0.3) is 0 Å². The van der Waals surface area contributed by atoms with E-state index in [0.29, 0.717) is 37.0 Å². The molecule has 3 unspecified atom stereocenters. The third-order valence-electron chi connectivity index (χ3n) is 8.25. The Hall–Kier alpha value is -2.97. The number of benzene rings is 2. The van der Waals surface area contributed by atoms with Crippen LogP contribution in [0.2, 0.25) is 5.02 Å². The Balaban J connectivity index is 1.28. The highest BCUT2D eigenvalue weighted by Crippen LogP contribution is 2.36. The molecule has 2 saturated heterocycles. The molecule has 2 aromatic rings. The van der Waals surface area contributed by atoms with Crippen LogP contribution in [0, 0.1) is 11.7 Å². The second kappa shape index (κ2) is 13.1. The monoisotopic (exact) mass is 568 g/mol. The van der Waals surface area contributed by atoms with Crippen LogP contribution >= 0.6 is 11.6 Å². The van der Waals surface area contributed by atoms with Crippen LogP contribution in [0.1, 0.15) is 49.7 Å². The van der Waals surface area contributed by atoms with Gasteiger partial charge in [-0.2, -0.15) is 0 Å². The standard InChI is InChI=1S/C31H38ClFN4O3/c32-24-6-1-4-21(18-24)5-3-15-36-16-17-37(28(31(36)40)20-23-8-9-23)30(39)27(19-22-10-12-25(33)13-11-22)35-29(38)26-7-2-14-34-26/h1,4,6,10-13,18,23,26-28,34H,2-3,5,7-9,14-17,19-20H2,(H,35,38). The maximum absolute atomic E-state index is 14.0. The van der Waals surface area contributed by atoms with E-state index >= 15 is 0 Å². The lowest BCUT2D eigenvalue weighted by Gasteiger charge is -2.42. The fraction of sp³-hybridized carbons (Fsp3) is 0.516. The first-order chi connectivity index (χ1) is 19.4. The predicted octanol–water partition coefficient (Wildman–Crippen LogP) is 3.73. The number of hydrogen-bond acceptors (Lipinski definition) is 4. The summed E-state index contributed by atoms with van der Waals surface area (Å²) in [5, 5.41) is 6.86. The number of nitrogens with one attached hydrogen (secondary N) is 2. The van der Waals surface area contributed by atoms with Crippen molar-refractivity contribution in [2.24, 2.45) is 5.92 Å². The zero-order valence-electron chi connectivity index (χ0n) is 22.8. The third-order valence-corrected chi connectivity index (χ3v) is 8.48. The Labute approximate surface area is 240 Å². The topological polar surface area (TPSA) is 81.8 Å². The van der Waals surface area contributed by atoms with Crippen LogP contribution < -0.4 is 10.6 Å².